The maximum Gasteiger partial charge on any atom is 0.257 e. The number of aryl methyl sites for hydroxylation is 1. The smallest absolute Gasteiger partial charge is 0.257 e. The Labute approximate surface area is 149 Å². The molecule has 1 unspecified atom stereocenters. The monoisotopic (exact) mass is 361 g/mol. The van der Waals surface area contributed by atoms with E-state index in [1.165, 1.54) is 35.6 Å². The van der Waals surface area contributed by atoms with Gasteiger partial charge in [-0.05, 0) is 51.0 Å². The molecule has 1 atom stereocenters. The van der Waals surface area contributed by atoms with Crippen molar-refractivity contribution in [2.45, 2.75) is 32.6 Å². The third-order valence-corrected chi connectivity index (χ3v) is 5.46. The third kappa shape index (κ3) is 3.56. The van der Waals surface area contributed by atoms with Crippen LogP contribution in [0, 0.1) is 5.82 Å². The molecule has 0 saturated heterocycles. The van der Waals surface area contributed by atoms with E-state index >= 15 is 0 Å². The summed E-state index contributed by atoms with van der Waals surface area (Å²) in [6.45, 7) is 5.29. The molecule has 5 nitrogen and oxygen atoms in total. The first-order valence-electron chi connectivity index (χ1n) is 8.38. The second-order valence-electron chi connectivity index (χ2n) is 5.89. The van der Waals surface area contributed by atoms with E-state index in [9.17, 15) is 14.0 Å². The number of benzene rings is 1. The van der Waals surface area contributed by atoms with E-state index in [1.54, 1.807) is 0 Å². The summed E-state index contributed by atoms with van der Waals surface area (Å²) >= 11 is 1.41. The number of fused-ring (bicyclic) bond motifs is 1. The second-order valence-corrected chi connectivity index (χ2v) is 6.97. The average Bonchev–Trinajstić information content (AvgIpc) is 3.16. The van der Waals surface area contributed by atoms with Crippen LogP contribution in [0.3, 0.4) is 0 Å². The zero-order valence-electron chi connectivity index (χ0n) is 14.2. The molecule has 0 fully saturated rings. The lowest BCUT2D eigenvalue weighted by Gasteiger charge is -2.22. The molecule has 1 heterocycles. The van der Waals surface area contributed by atoms with Gasteiger partial charge in [0.05, 0.1) is 11.6 Å². The molecule has 132 valence electrons. The van der Waals surface area contributed by atoms with Crippen LogP contribution in [-0.4, -0.2) is 34.8 Å². The molecule has 0 aliphatic heterocycles. The molecule has 0 saturated carbocycles. The number of likely N-dealkylation sites (N-methyl/N-ethyl adjacent to an activating group) is 1. The van der Waals surface area contributed by atoms with Gasteiger partial charge in [0.1, 0.15) is 5.82 Å². The van der Waals surface area contributed by atoms with E-state index in [4.69, 9.17) is 0 Å². The predicted octanol–water partition coefficient (Wildman–Crippen LogP) is 3.43. The molecule has 1 aliphatic carbocycles. The number of rotatable bonds is 5. The first-order chi connectivity index (χ1) is 12.0. The molecule has 7 heteroatoms. The fourth-order valence-corrected chi connectivity index (χ4v) is 4.08. The van der Waals surface area contributed by atoms with E-state index in [1.807, 2.05) is 18.7 Å². The highest BCUT2D eigenvalue weighted by molar-refractivity contribution is 7.16. The first kappa shape index (κ1) is 17.5. The van der Waals surface area contributed by atoms with Gasteiger partial charge in [-0.15, -0.1) is 11.3 Å². The van der Waals surface area contributed by atoms with Crippen molar-refractivity contribution in [3.05, 3.63) is 46.2 Å². The standard InChI is InChI=1S/C18H20FN3O2S/c1-3-22(4-2)17(24)13-9-10-14-15(13)20-18(25-14)21-16(23)11-5-7-12(19)8-6-11/h5-8,13H,3-4,9-10H2,1-2H3,(H,20,21,23). The SMILES string of the molecule is CCN(CC)C(=O)C1CCc2sc(NC(=O)c3ccc(F)cc3)nc21. The third-order valence-electron chi connectivity index (χ3n) is 4.42. The van der Waals surface area contributed by atoms with Crippen LogP contribution in [-0.2, 0) is 11.2 Å². The fraction of sp³-hybridized carbons (Fsp3) is 0.389. The number of nitrogens with zero attached hydrogens (tertiary/aromatic N) is 2. The van der Waals surface area contributed by atoms with Crippen LogP contribution < -0.4 is 5.32 Å². The van der Waals surface area contributed by atoms with E-state index in [-0.39, 0.29) is 23.5 Å². The number of thiazole rings is 1. The summed E-state index contributed by atoms with van der Waals surface area (Å²) < 4.78 is 13.0. The lowest BCUT2D eigenvalue weighted by atomic mass is 10.1. The van der Waals surface area contributed by atoms with Gasteiger partial charge in [0, 0.05) is 23.5 Å². The summed E-state index contributed by atoms with van der Waals surface area (Å²) in [6.07, 6.45) is 1.58. The maximum atomic E-state index is 13.0. The van der Waals surface area contributed by atoms with Crippen molar-refractivity contribution in [3.63, 3.8) is 0 Å². The molecule has 0 spiro atoms. The summed E-state index contributed by atoms with van der Waals surface area (Å²) in [6, 6.07) is 5.35. The van der Waals surface area contributed by atoms with E-state index in [0.717, 1.165) is 23.4 Å². The van der Waals surface area contributed by atoms with Crippen LogP contribution in [0.15, 0.2) is 24.3 Å². The highest BCUT2D eigenvalue weighted by Crippen LogP contribution is 2.39. The number of halogens is 1. The minimum Gasteiger partial charge on any atom is -0.343 e. The molecule has 0 radical (unpaired) electrons. The van der Waals surface area contributed by atoms with Gasteiger partial charge in [-0.1, -0.05) is 0 Å². The number of anilines is 1. The molecule has 1 aliphatic rings. The van der Waals surface area contributed by atoms with Crippen LogP contribution in [0.5, 0.6) is 0 Å². The van der Waals surface area contributed by atoms with Crippen molar-refractivity contribution in [1.82, 2.24) is 9.88 Å². The highest BCUT2D eigenvalue weighted by atomic mass is 32.1. The fourth-order valence-electron chi connectivity index (χ4n) is 3.05. The van der Waals surface area contributed by atoms with Crippen molar-refractivity contribution in [3.8, 4) is 0 Å². The summed E-state index contributed by atoms with van der Waals surface area (Å²) in [5.41, 5.74) is 1.16. The van der Waals surface area contributed by atoms with Crippen LogP contribution in [0.25, 0.3) is 0 Å². The van der Waals surface area contributed by atoms with Crippen molar-refractivity contribution < 1.29 is 14.0 Å². The number of hydrogen-bond acceptors (Lipinski definition) is 4. The van der Waals surface area contributed by atoms with Crippen LogP contribution >= 0.6 is 11.3 Å². The normalized spacial score (nSPS) is 15.7. The Morgan fingerprint density at radius 3 is 2.60 bits per heavy atom. The minimum atomic E-state index is -0.387. The quantitative estimate of drug-likeness (QED) is 0.887. The summed E-state index contributed by atoms with van der Waals surface area (Å²) in [5.74, 6) is -0.838. The van der Waals surface area contributed by atoms with Gasteiger partial charge in [-0.2, -0.15) is 0 Å². The van der Waals surface area contributed by atoms with Crippen molar-refractivity contribution in [2.24, 2.45) is 0 Å². The van der Waals surface area contributed by atoms with E-state index < -0.39 is 0 Å². The lowest BCUT2D eigenvalue weighted by Crippen LogP contribution is -2.34. The summed E-state index contributed by atoms with van der Waals surface area (Å²) in [7, 11) is 0. The molecule has 3 rings (SSSR count). The number of carbonyl (C=O) groups is 2. The maximum absolute atomic E-state index is 13.0. The van der Waals surface area contributed by atoms with Crippen molar-refractivity contribution >= 4 is 28.3 Å². The van der Waals surface area contributed by atoms with Gasteiger partial charge < -0.3 is 4.90 Å². The highest BCUT2D eigenvalue weighted by Gasteiger charge is 2.34. The Balaban J connectivity index is 1.74. The Kier molecular flexibility index (Phi) is 5.13. The molecule has 1 aromatic carbocycles. The topological polar surface area (TPSA) is 62.3 Å². The van der Waals surface area contributed by atoms with Gasteiger partial charge in [-0.3, -0.25) is 14.9 Å². The van der Waals surface area contributed by atoms with Gasteiger partial charge in [0.25, 0.3) is 5.91 Å². The number of aromatic nitrogens is 1. The number of hydrogen-bond donors (Lipinski definition) is 1. The van der Waals surface area contributed by atoms with Gasteiger partial charge in [-0.25, -0.2) is 9.37 Å². The van der Waals surface area contributed by atoms with Crippen LogP contribution in [0.4, 0.5) is 9.52 Å². The summed E-state index contributed by atoms with van der Waals surface area (Å²) in [5, 5.41) is 3.23. The molecule has 1 N–H and O–H groups in total. The molecule has 2 aromatic rings. The Morgan fingerprint density at radius 2 is 1.96 bits per heavy atom. The zero-order chi connectivity index (χ0) is 18.0. The largest absolute Gasteiger partial charge is 0.343 e. The summed E-state index contributed by atoms with van der Waals surface area (Å²) in [4.78, 5) is 32.2. The van der Waals surface area contributed by atoms with Crippen LogP contribution in [0.2, 0.25) is 0 Å². The second kappa shape index (κ2) is 7.31. The lowest BCUT2D eigenvalue weighted by molar-refractivity contribution is -0.132. The van der Waals surface area contributed by atoms with Gasteiger partial charge in [0.2, 0.25) is 5.91 Å². The minimum absolute atomic E-state index is 0.102. The van der Waals surface area contributed by atoms with E-state index in [0.29, 0.717) is 23.8 Å². The molecular weight excluding hydrogens is 341 g/mol. The number of amides is 2. The first-order valence-corrected chi connectivity index (χ1v) is 9.20. The van der Waals surface area contributed by atoms with Gasteiger partial charge >= 0.3 is 0 Å². The van der Waals surface area contributed by atoms with Crippen molar-refractivity contribution in [2.75, 3.05) is 18.4 Å². The molecule has 25 heavy (non-hydrogen) atoms. The predicted molar refractivity (Wildman–Crippen MR) is 95.5 cm³/mol. The van der Waals surface area contributed by atoms with Gasteiger partial charge in [0.15, 0.2) is 5.13 Å². The average molecular weight is 361 g/mol. The van der Waals surface area contributed by atoms with Crippen LogP contribution in [0.1, 0.15) is 47.1 Å². The number of nitrogens with one attached hydrogen (secondary N) is 1. The Morgan fingerprint density at radius 1 is 1.28 bits per heavy atom. The molecule has 0 bridgehead atoms. The van der Waals surface area contributed by atoms with E-state index in [2.05, 4.69) is 10.3 Å². The Bertz CT molecular complexity index is 784. The van der Waals surface area contributed by atoms with Crippen molar-refractivity contribution in [1.29, 1.82) is 0 Å². The Hall–Kier alpha value is -2.28. The number of carbonyl (C=O) groups excluding carboxylic acids is 2. The molecule has 2 amide bonds. The molecule has 1 aromatic heterocycles. The molecular formula is C18H20FN3O2S. The zero-order valence-corrected chi connectivity index (χ0v) is 15.0.